The molecular weight excluding hydrogens is 300 g/mol. The Kier molecular flexibility index (Phi) is 5.55. The minimum Gasteiger partial charge on any atom is -0.507 e. The molecule has 0 fully saturated rings. The normalized spacial score (nSPS) is 10.8. The van der Waals surface area contributed by atoms with Gasteiger partial charge < -0.3 is 10.4 Å². The summed E-state index contributed by atoms with van der Waals surface area (Å²) in [5.41, 5.74) is 2.00. The van der Waals surface area contributed by atoms with E-state index >= 15 is 0 Å². The van der Waals surface area contributed by atoms with Crippen molar-refractivity contribution in [3.63, 3.8) is 0 Å². The molecule has 0 spiro atoms. The van der Waals surface area contributed by atoms with Gasteiger partial charge >= 0.3 is 0 Å². The first kappa shape index (κ1) is 16.0. The lowest BCUT2D eigenvalue weighted by Gasteiger charge is -2.04. The first-order valence-corrected chi connectivity index (χ1v) is 7.39. The minimum absolute atomic E-state index is 0.00241. The van der Waals surface area contributed by atoms with Crippen LogP contribution < -0.4 is 5.32 Å². The van der Waals surface area contributed by atoms with E-state index in [1.165, 1.54) is 6.07 Å². The van der Waals surface area contributed by atoms with E-state index < -0.39 is 0 Å². The molecule has 1 amide bonds. The lowest BCUT2D eigenvalue weighted by molar-refractivity contribution is -0.116. The first-order valence-electron chi connectivity index (χ1n) is 7.01. The third-order valence-corrected chi connectivity index (χ3v) is 3.21. The fourth-order valence-electron chi connectivity index (χ4n) is 1.85. The third kappa shape index (κ3) is 4.60. The summed E-state index contributed by atoms with van der Waals surface area (Å²) in [6.45, 7) is 1.96. The van der Waals surface area contributed by atoms with Crippen LogP contribution >= 0.6 is 11.6 Å². The number of carbonyl (C=O) groups is 1. The molecule has 0 atom stereocenters. The summed E-state index contributed by atoms with van der Waals surface area (Å²) in [6, 6.07) is 11.9. The van der Waals surface area contributed by atoms with Crippen molar-refractivity contribution in [2.75, 3.05) is 5.32 Å². The molecule has 0 aliphatic rings. The van der Waals surface area contributed by atoms with Crippen molar-refractivity contribution in [3.8, 4) is 5.75 Å². The maximum absolute atomic E-state index is 11.5. The van der Waals surface area contributed by atoms with Gasteiger partial charge in [0, 0.05) is 28.9 Å². The molecule has 2 N–H and O–H groups in total. The molecule has 0 radical (unpaired) electrons. The van der Waals surface area contributed by atoms with Crippen molar-refractivity contribution >= 4 is 35.1 Å². The maximum Gasteiger partial charge on any atom is 0.224 e. The zero-order valence-corrected chi connectivity index (χ0v) is 13.0. The summed E-state index contributed by atoms with van der Waals surface area (Å²) in [6.07, 6.45) is 2.87. The van der Waals surface area contributed by atoms with Crippen molar-refractivity contribution in [2.45, 2.75) is 19.8 Å². The molecule has 2 rings (SSSR count). The van der Waals surface area contributed by atoms with Crippen molar-refractivity contribution in [3.05, 3.63) is 53.1 Å². The second kappa shape index (κ2) is 7.61. The Balaban J connectivity index is 2.06. The largest absolute Gasteiger partial charge is 0.507 e. The van der Waals surface area contributed by atoms with E-state index in [9.17, 15) is 9.90 Å². The highest BCUT2D eigenvalue weighted by molar-refractivity contribution is 6.30. The number of hydrogen-bond donors (Lipinski definition) is 2. The number of benzene rings is 2. The maximum atomic E-state index is 11.5. The average molecular weight is 317 g/mol. The van der Waals surface area contributed by atoms with E-state index in [0.29, 0.717) is 22.7 Å². The van der Waals surface area contributed by atoms with Crippen LogP contribution in [0.4, 0.5) is 11.4 Å². The molecule has 0 bridgehead atoms. The zero-order valence-electron chi connectivity index (χ0n) is 12.2. The Morgan fingerprint density at radius 1 is 1.27 bits per heavy atom. The highest BCUT2D eigenvalue weighted by Gasteiger charge is 2.01. The number of phenolic OH excluding ortho intramolecular Hbond substituents is 1. The summed E-state index contributed by atoms with van der Waals surface area (Å²) in [5.74, 6) is 0.124. The Hall–Kier alpha value is -2.33. The monoisotopic (exact) mass is 316 g/mol. The van der Waals surface area contributed by atoms with Crippen LogP contribution in [-0.2, 0) is 4.79 Å². The first-order chi connectivity index (χ1) is 10.6. The molecule has 5 heteroatoms. The summed E-state index contributed by atoms with van der Waals surface area (Å²) >= 11 is 5.88. The quantitative estimate of drug-likeness (QED) is 0.796. The van der Waals surface area contributed by atoms with Gasteiger partial charge in [-0.05, 0) is 48.9 Å². The Morgan fingerprint density at radius 2 is 2.00 bits per heavy atom. The van der Waals surface area contributed by atoms with E-state index in [0.717, 1.165) is 12.1 Å². The van der Waals surface area contributed by atoms with Crippen LogP contribution in [0.25, 0.3) is 0 Å². The highest BCUT2D eigenvalue weighted by atomic mass is 35.5. The molecule has 0 aliphatic heterocycles. The van der Waals surface area contributed by atoms with Crippen LogP contribution in [0.5, 0.6) is 5.75 Å². The van der Waals surface area contributed by atoms with Crippen LogP contribution in [-0.4, -0.2) is 17.2 Å². The van der Waals surface area contributed by atoms with Crippen molar-refractivity contribution < 1.29 is 9.90 Å². The van der Waals surface area contributed by atoms with Gasteiger partial charge in [-0.15, -0.1) is 0 Å². The van der Waals surface area contributed by atoms with Crippen LogP contribution in [0, 0.1) is 0 Å². The molecule has 4 nitrogen and oxygen atoms in total. The lowest BCUT2D eigenvalue weighted by Crippen LogP contribution is -2.10. The van der Waals surface area contributed by atoms with Crippen LogP contribution in [0.3, 0.4) is 0 Å². The zero-order chi connectivity index (χ0) is 15.9. The third-order valence-electron chi connectivity index (χ3n) is 2.97. The number of anilines is 1. The molecule has 2 aromatic carbocycles. The predicted molar refractivity (Wildman–Crippen MR) is 90.4 cm³/mol. The van der Waals surface area contributed by atoms with E-state index in [4.69, 9.17) is 11.6 Å². The number of phenols is 1. The highest BCUT2D eigenvalue weighted by Crippen LogP contribution is 2.21. The van der Waals surface area contributed by atoms with Gasteiger partial charge in [0.1, 0.15) is 5.75 Å². The number of aromatic hydroxyl groups is 1. The number of hydrogen-bond acceptors (Lipinski definition) is 3. The van der Waals surface area contributed by atoms with Gasteiger partial charge in [-0.2, -0.15) is 0 Å². The smallest absolute Gasteiger partial charge is 0.224 e. The Morgan fingerprint density at radius 3 is 2.68 bits per heavy atom. The molecule has 0 heterocycles. The van der Waals surface area contributed by atoms with Crippen molar-refractivity contribution in [1.82, 2.24) is 0 Å². The van der Waals surface area contributed by atoms with E-state index in [-0.39, 0.29) is 11.7 Å². The summed E-state index contributed by atoms with van der Waals surface area (Å²) in [5, 5.41) is 13.1. The molecule has 0 aromatic heterocycles. The van der Waals surface area contributed by atoms with Crippen molar-refractivity contribution in [2.24, 2.45) is 4.99 Å². The SMILES string of the molecule is CCCC(=O)Nc1ccc(N=Cc2cc(Cl)ccc2O)cc1. The van der Waals surface area contributed by atoms with Gasteiger partial charge in [-0.3, -0.25) is 9.79 Å². The molecule has 0 aliphatic carbocycles. The molecule has 0 saturated carbocycles. The second-order valence-corrected chi connectivity index (χ2v) is 5.24. The fraction of sp³-hybridized carbons (Fsp3) is 0.176. The number of nitrogens with one attached hydrogen (secondary N) is 1. The summed E-state index contributed by atoms with van der Waals surface area (Å²) < 4.78 is 0. The second-order valence-electron chi connectivity index (χ2n) is 4.81. The van der Waals surface area contributed by atoms with Gasteiger partial charge in [0.25, 0.3) is 0 Å². The fourth-order valence-corrected chi connectivity index (χ4v) is 2.03. The molecular formula is C17H17ClN2O2. The number of aliphatic imine (C=N–C) groups is 1. The number of halogens is 1. The summed E-state index contributed by atoms with van der Waals surface area (Å²) in [7, 11) is 0. The van der Waals surface area contributed by atoms with Gasteiger partial charge in [-0.1, -0.05) is 18.5 Å². The van der Waals surface area contributed by atoms with Gasteiger partial charge in [0.15, 0.2) is 0 Å². The van der Waals surface area contributed by atoms with Crippen LogP contribution in [0.2, 0.25) is 5.02 Å². The standard InChI is InChI=1S/C17H17ClN2O2/c1-2-3-17(22)20-15-7-5-14(6-8-15)19-11-12-10-13(18)4-9-16(12)21/h4-11,21H,2-3H2,1H3,(H,20,22). The molecule has 114 valence electrons. The molecule has 0 unspecified atom stereocenters. The van der Waals surface area contributed by atoms with E-state index in [1.807, 2.05) is 6.92 Å². The molecule has 0 saturated heterocycles. The van der Waals surface area contributed by atoms with E-state index in [1.54, 1.807) is 42.6 Å². The van der Waals surface area contributed by atoms with Crippen LogP contribution in [0.1, 0.15) is 25.3 Å². The van der Waals surface area contributed by atoms with Gasteiger partial charge in [-0.25, -0.2) is 0 Å². The molecule has 22 heavy (non-hydrogen) atoms. The topological polar surface area (TPSA) is 61.7 Å². The van der Waals surface area contributed by atoms with Gasteiger partial charge in [0.2, 0.25) is 5.91 Å². The predicted octanol–water partition coefficient (Wildman–Crippen LogP) is 4.53. The lowest BCUT2D eigenvalue weighted by atomic mass is 10.2. The summed E-state index contributed by atoms with van der Waals surface area (Å²) in [4.78, 5) is 15.8. The Labute approximate surface area is 134 Å². The number of rotatable bonds is 5. The Bertz CT molecular complexity index is 682. The van der Waals surface area contributed by atoms with Gasteiger partial charge in [0.05, 0.1) is 5.69 Å². The number of amides is 1. The average Bonchev–Trinajstić information content (AvgIpc) is 2.50. The van der Waals surface area contributed by atoms with E-state index in [2.05, 4.69) is 10.3 Å². The molecule has 2 aromatic rings. The van der Waals surface area contributed by atoms with Crippen LogP contribution in [0.15, 0.2) is 47.5 Å². The minimum atomic E-state index is 0.00241. The number of carbonyl (C=O) groups excluding carboxylic acids is 1. The number of nitrogens with zero attached hydrogens (tertiary/aromatic N) is 1. The van der Waals surface area contributed by atoms with Crippen molar-refractivity contribution in [1.29, 1.82) is 0 Å².